The van der Waals surface area contributed by atoms with Crippen LogP contribution in [-0.2, 0) is 27.6 Å². The predicted octanol–water partition coefficient (Wildman–Crippen LogP) is 6.32. The van der Waals surface area contributed by atoms with Gasteiger partial charge in [0.25, 0.3) is 16.0 Å². The fraction of sp³-hybridized carbons (Fsp3) is 0.452. The molecule has 0 radical (unpaired) electrons. The topological polar surface area (TPSA) is 135 Å². The van der Waals surface area contributed by atoms with Crippen molar-refractivity contribution in [3.63, 3.8) is 0 Å². The summed E-state index contributed by atoms with van der Waals surface area (Å²) in [6.07, 6.45) is 0.0826. The molecule has 7 rings (SSSR count). The summed E-state index contributed by atoms with van der Waals surface area (Å²) in [5.74, 6) is -1.32. The van der Waals surface area contributed by atoms with E-state index in [1.165, 1.54) is 29.5 Å². The molecule has 1 amide bonds. The van der Waals surface area contributed by atoms with Gasteiger partial charge in [0, 0.05) is 41.2 Å². The maximum atomic E-state index is 15.1. The largest absolute Gasteiger partial charge is 0.417 e. The Morgan fingerprint density at radius 1 is 1.13 bits per heavy atom. The first-order valence-corrected chi connectivity index (χ1v) is 17.7. The van der Waals surface area contributed by atoms with E-state index < -0.39 is 39.3 Å². The number of halogens is 4. The second kappa shape index (κ2) is 12.1. The molecule has 10 nitrogen and oxygen atoms in total. The van der Waals surface area contributed by atoms with Crippen molar-refractivity contribution in [1.82, 2.24) is 15.5 Å². The molecule has 2 N–H and O–H groups in total. The summed E-state index contributed by atoms with van der Waals surface area (Å²) in [6, 6.07) is 8.00. The quantitative estimate of drug-likeness (QED) is 0.144. The number of benzene rings is 2. The second-order valence-corrected chi connectivity index (χ2v) is 14.8. The minimum absolute atomic E-state index is 0.00662. The standard InChI is InChI=1S/C31H30F4N4O6S2/c32-24-11-17(29(40)36-9-10-47(41,42)43)12-25-27(24)37-30(46-25)39-18-7-8-19(39)14-20(13-18)44-15-22-26(38-45-28(22)16-5-6-16)21-3-1-2-4-23(21)31(33,34)35/h1-4,11-12,16,18-20H,5-10,13-15H2,(H,36,40)(H,41,42,43)/t18-,19+,20+. The smallest absolute Gasteiger partial charge is 0.373 e. The highest BCUT2D eigenvalue weighted by Gasteiger charge is 2.43. The Balaban J connectivity index is 1.06. The first kappa shape index (κ1) is 32.0. The van der Waals surface area contributed by atoms with E-state index >= 15 is 4.39 Å². The van der Waals surface area contributed by atoms with Crippen molar-refractivity contribution in [2.24, 2.45) is 0 Å². The molecule has 2 aromatic heterocycles. The number of nitrogens with zero attached hydrogens (tertiary/aromatic N) is 3. The molecule has 3 aliphatic rings. The summed E-state index contributed by atoms with van der Waals surface area (Å²) in [5.41, 5.74) is 0.0316. The van der Waals surface area contributed by atoms with Crippen LogP contribution in [0.25, 0.3) is 21.5 Å². The number of alkyl halides is 3. The average molecular weight is 695 g/mol. The number of ether oxygens (including phenoxy) is 1. The van der Waals surface area contributed by atoms with Crippen molar-refractivity contribution >= 4 is 42.7 Å². The predicted molar refractivity (Wildman–Crippen MR) is 164 cm³/mol. The zero-order chi connectivity index (χ0) is 33.1. The molecule has 0 unspecified atom stereocenters. The number of thiazole rings is 1. The van der Waals surface area contributed by atoms with E-state index in [0.717, 1.165) is 37.8 Å². The molecule has 3 fully saturated rings. The van der Waals surface area contributed by atoms with Crippen LogP contribution in [0.15, 0.2) is 40.9 Å². The summed E-state index contributed by atoms with van der Waals surface area (Å²) in [6.45, 7) is -0.255. The molecule has 2 saturated heterocycles. The molecular weight excluding hydrogens is 664 g/mol. The summed E-state index contributed by atoms with van der Waals surface area (Å²) in [5, 5.41) is 7.07. The van der Waals surface area contributed by atoms with Gasteiger partial charge in [-0.3, -0.25) is 9.35 Å². The lowest BCUT2D eigenvalue weighted by molar-refractivity contribution is -0.137. The third kappa shape index (κ3) is 6.60. The lowest BCUT2D eigenvalue weighted by Crippen LogP contribution is -2.45. The summed E-state index contributed by atoms with van der Waals surface area (Å²) in [7, 11) is -4.26. The van der Waals surface area contributed by atoms with E-state index in [0.29, 0.717) is 34.0 Å². The zero-order valence-electron chi connectivity index (χ0n) is 24.8. The van der Waals surface area contributed by atoms with E-state index in [9.17, 15) is 26.4 Å². The number of hydrogen-bond acceptors (Lipinski definition) is 9. The van der Waals surface area contributed by atoms with E-state index in [-0.39, 0.29) is 59.6 Å². The molecule has 4 aromatic rings. The zero-order valence-corrected chi connectivity index (χ0v) is 26.4. The highest BCUT2D eigenvalue weighted by atomic mass is 32.2. The van der Waals surface area contributed by atoms with Crippen molar-refractivity contribution in [3.05, 3.63) is 64.7 Å². The molecule has 47 heavy (non-hydrogen) atoms. The fourth-order valence-corrected chi connectivity index (χ4v) is 8.19. The number of carbonyl (C=O) groups excluding carboxylic acids is 1. The van der Waals surface area contributed by atoms with Gasteiger partial charge in [-0.15, -0.1) is 0 Å². The van der Waals surface area contributed by atoms with E-state index in [1.807, 2.05) is 0 Å². The van der Waals surface area contributed by atoms with Crippen LogP contribution in [0.4, 0.5) is 22.7 Å². The molecule has 2 aliphatic heterocycles. The van der Waals surface area contributed by atoms with E-state index in [4.69, 9.17) is 13.8 Å². The van der Waals surface area contributed by atoms with Crippen molar-refractivity contribution < 1.29 is 44.6 Å². The van der Waals surface area contributed by atoms with Crippen molar-refractivity contribution in [2.75, 3.05) is 17.2 Å². The molecule has 1 saturated carbocycles. The van der Waals surface area contributed by atoms with Crippen LogP contribution in [0.5, 0.6) is 0 Å². The number of amides is 1. The van der Waals surface area contributed by atoms with Gasteiger partial charge in [0.15, 0.2) is 10.9 Å². The van der Waals surface area contributed by atoms with Crippen molar-refractivity contribution in [2.45, 2.75) is 75.4 Å². The monoisotopic (exact) mass is 694 g/mol. The Morgan fingerprint density at radius 3 is 2.53 bits per heavy atom. The van der Waals surface area contributed by atoms with E-state index in [2.05, 4.69) is 20.4 Å². The maximum absolute atomic E-state index is 15.1. The highest BCUT2D eigenvalue weighted by Crippen LogP contribution is 2.47. The first-order chi connectivity index (χ1) is 22.4. The molecule has 2 aromatic carbocycles. The lowest BCUT2D eigenvalue weighted by atomic mass is 9.98. The molecule has 4 heterocycles. The maximum Gasteiger partial charge on any atom is 0.417 e. The van der Waals surface area contributed by atoms with Crippen LogP contribution in [-0.4, -0.2) is 59.5 Å². The second-order valence-electron chi connectivity index (χ2n) is 12.2. The molecule has 1 aliphatic carbocycles. The van der Waals surface area contributed by atoms with Gasteiger partial charge in [-0.05, 0) is 56.7 Å². The summed E-state index contributed by atoms with van der Waals surface area (Å²) < 4.78 is 99.8. The molecular formula is C31H30F4N4O6S2. The van der Waals surface area contributed by atoms with Crippen LogP contribution in [0.3, 0.4) is 0 Å². The van der Waals surface area contributed by atoms with Crippen LogP contribution in [0.2, 0.25) is 0 Å². The number of rotatable bonds is 10. The average Bonchev–Trinajstić information content (AvgIpc) is 3.52. The van der Waals surface area contributed by atoms with Gasteiger partial charge in [0.2, 0.25) is 0 Å². The van der Waals surface area contributed by atoms with Gasteiger partial charge in [-0.2, -0.15) is 21.6 Å². The Labute approximate surface area is 270 Å². The minimum Gasteiger partial charge on any atom is -0.373 e. The van der Waals surface area contributed by atoms with Crippen LogP contribution >= 0.6 is 11.3 Å². The van der Waals surface area contributed by atoms with E-state index in [1.54, 1.807) is 6.07 Å². The number of anilines is 1. The Kier molecular flexibility index (Phi) is 8.25. The summed E-state index contributed by atoms with van der Waals surface area (Å²) in [4.78, 5) is 19.2. The van der Waals surface area contributed by atoms with Gasteiger partial charge in [0.1, 0.15) is 17.0 Å². The minimum atomic E-state index is -4.55. The molecule has 3 atom stereocenters. The number of piperidine rings is 1. The lowest BCUT2D eigenvalue weighted by Gasteiger charge is -2.38. The van der Waals surface area contributed by atoms with Gasteiger partial charge in [-0.25, -0.2) is 9.37 Å². The number of nitrogens with one attached hydrogen (secondary N) is 1. The third-order valence-corrected chi connectivity index (χ3v) is 10.7. The number of hydrogen-bond donors (Lipinski definition) is 2. The van der Waals surface area contributed by atoms with Gasteiger partial charge < -0.3 is 19.5 Å². The number of fused-ring (bicyclic) bond motifs is 3. The van der Waals surface area contributed by atoms with Gasteiger partial charge >= 0.3 is 6.18 Å². The Bertz CT molecular complexity index is 1930. The highest BCUT2D eigenvalue weighted by molar-refractivity contribution is 7.85. The molecule has 16 heteroatoms. The van der Waals surface area contributed by atoms with Crippen LogP contribution in [0, 0.1) is 5.82 Å². The fourth-order valence-electron chi connectivity index (χ4n) is 6.67. The van der Waals surface area contributed by atoms with Gasteiger partial charge in [0.05, 0.1) is 28.7 Å². The summed E-state index contributed by atoms with van der Waals surface area (Å²) >= 11 is 1.26. The number of aromatic nitrogens is 2. The Hall–Kier alpha value is -3.60. The van der Waals surface area contributed by atoms with Crippen LogP contribution < -0.4 is 10.2 Å². The normalized spacial score (nSPS) is 21.5. The Morgan fingerprint density at radius 2 is 1.85 bits per heavy atom. The first-order valence-electron chi connectivity index (χ1n) is 15.2. The molecule has 250 valence electrons. The SMILES string of the molecule is O=C(NCCS(=O)(=O)O)c1cc(F)c2nc(N3[C@@H]4CC[C@H]3C[C@@H](OCc3c(-c5ccccc5C(F)(F)F)noc3C3CC3)C4)sc2c1. The molecule has 2 bridgehead atoms. The van der Waals surface area contributed by atoms with Crippen LogP contribution in [0.1, 0.15) is 71.7 Å². The number of carbonyl (C=O) groups is 1. The van der Waals surface area contributed by atoms with Crippen molar-refractivity contribution in [3.8, 4) is 11.3 Å². The molecule has 0 spiro atoms. The third-order valence-electron chi connectivity index (χ3n) is 8.97. The van der Waals surface area contributed by atoms with Gasteiger partial charge in [-0.1, -0.05) is 34.7 Å². The van der Waals surface area contributed by atoms with Crippen molar-refractivity contribution in [1.29, 1.82) is 0 Å².